The molecule has 1 saturated heterocycles. The first-order chi connectivity index (χ1) is 19.4. The number of hydrogen-bond acceptors (Lipinski definition) is 8. The number of likely N-dealkylation sites (N-methyl/N-ethyl adjacent to an activating group) is 1. The molecule has 0 bridgehead atoms. The molecule has 3 aromatic carbocycles. The van der Waals surface area contributed by atoms with Gasteiger partial charge in [-0.15, -0.1) is 0 Å². The molecule has 0 aliphatic carbocycles. The fourth-order valence-electron chi connectivity index (χ4n) is 4.59. The minimum Gasteiger partial charge on any atom is -0.426 e. The van der Waals surface area contributed by atoms with Crippen molar-refractivity contribution >= 4 is 45.8 Å². The summed E-state index contributed by atoms with van der Waals surface area (Å²) in [6.07, 6.45) is 3.18. The van der Waals surface area contributed by atoms with Gasteiger partial charge >= 0.3 is 5.97 Å². The van der Waals surface area contributed by atoms with E-state index in [1.165, 1.54) is 11.8 Å². The van der Waals surface area contributed by atoms with Crippen LogP contribution in [-0.4, -0.2) is 60.0 Å². The molecule has 9 nitrogen and oxygen atoms in total. The number of rotatable bonds is 8. The first-order valence-electron chi connectivity index (χ1n) is 13.3. The summed E-state index contributed by atoms with van der Waals surface area (Å²) in [6.45, 7) is 9.36. The second-order valence-corrected chi connectivity index (χ2v) is 9.63. The molecule has 1 aliphatic rings. The normalized spacial score (nSPS) is 13.6. The summed E-state index contributed by atoms with van der Waals surface area (Å²) in [5.74, 6) is 0.119. The molecule has 0 saturated carbocycles. The number of carbonyl (C=O) groups is 2. The van der Waals surface area contributed by atoms with Crippen molar-refractivity contribution in [3.63, 3.8) is 0 Å². The Hall–Kier alpha value is -4.76. The highest BCUT2D eigenvalue weighted by molar-refractivity contribution is 6.01. The fourth-order valence-corrected chi connectivity index (χ4v) is 4.59. The third kappa shape index (κ3) is 6.10. The van der Waals surface area contributed by atoms with E-state index >= 15 is 0 Å². The number of anilines is 4. The summed E-state index contributed by atoms with van der Waals surface area (Å²) in [5, 5.41) is 6.86. The number of ether oxygens (including phenoxy) is 1. The van der Waals surface area contributed by atoms with Crippen LogP contribution in [0.5, 0.6) is 5.75 Å². The Kier molecular flexibility index (Phi) is 8.02. The molecule has 0 unspecified atom stereocenters. The van der Waals surface area contributed by atoms with Gasteiger partial charge in [0, 0.05) is 61.2 Å². The molecule has 40 heavy (non-hydrogen) atoms. The van der Waals surface area contributed by atoms with Crippen LogP contribution in [-0.2, 0) is 9.59 Å². The summed E-state index contributed by atoms with van der Waals surface area (Å²) in [7, 11) is 2.15. The molecule has 5 rings (SSSR count). The van der Waals surface area contributed by atoms with Gasteiger partial charge < -0.3 is 25.2 Å². The van der Waals surface area contributed by atoms with Gasteiger partial charge in [0.1, 0.15) is 5.75 Å². The van der Waals surface area contributed by atoms with Crippen LogP contribution in [0.15, 0.2) is 79.5 Å². The molecule has 0 radical (unpaired) electrons. The van der Waals surface area contributed by atoms with E-state index in [4.69, 9.17) is 9.72 Å². The maximum absolute atomic E-state index is 12.3. The summed E-state index contributed by atoms with van der Waals surface area (Å²) in [5.41, 5.74) is 4.60. The topological polar surface area (TPSA) is 99.7 Å². The van der Waals surface area contributed by atoms with Crippen LogP contribution >= 0.6 is 0 Å². The number of nitrogens with zero attached hydrogens (tertiary/aromatic N) is 4. The van der Waals surface area contributed by atoms with Crippen LogP contribution in [0.4, 0.5) is 23.0 Å². The first-order valence-corrected chi connectivity index (χ1v) is 13.3. The number of esters is 1. The fraction of sp³-hybridized carbons (Fsp3) is 0.226. The van der Waals surface area contributed by atoms with Crippen LogP contribution < -0.4 is 20.3 Å². The van der Waals surface area contributed by atoms with E-state index in [0.29, 0.717) is 28.5 Å². The monoisotopic (exact) mass is 536 g/mol. The lowest BCUT2D eigenvalue weighted by Gasteiger charge is -2.34. The van der Waals surface area contributed by atoms with Crippen LogP contribution in [0.3, 0.4) is 0 Å². The van der Waals surface area contributed by atoms with Crippen molar-refractivity contribution in [1.82, 2.24) is 14.9 Å². The Morgan fingerprint density at radius 2 is 1.80 bits per heavy atom. The third-order valence-corrected chi connectivity index (χ3v) is 6.82. The molecule has 1 aromatic heterocycles. The standard InChI is InChI=1S/C31H32N6O3/c1-4-27(38)33-24-8-6-7-21(19-24)29-26(40-28(39)5-2)14-9-22-20-32-31(35-30(22)29)34-23-10-12-25(13-11-23)37-17-15-36(3)16-18-37/h4,6-14,19-20H,1,5,15-18H2,2-3H3,(H,33,38)(H,32,34,35). The highest BCUT2D eigenvalue weighted by Crippen LogP contribution is 2.38. The third-order valence-electron chi connectivity index (χ3n) is 6.82. The average molecular weight is 537 g/mol. The molecule has 1 fully saturated rings. The van der Waals surface area contributed by atoms with Crippen LogP contribution in [0.25, 0.3) is 22.0 Å². The smallest absolute Gasteiger partial charge is 0.310 e. The number of aromatic nitrogens is 2. The second-order valence-electron chi connectivity index (χ2n) is 9.63. The van der Waals surface area contributed by atoms with E-state index in [-0.39, 0.29) is 18.3 Å². The number of hydrogen-bond donors (Lipinski definition) is 2. The molecule has 2 heterocycles. The van der Waals surface area contributed by atoms with Gasteiger partial charge in [0.25, 0.3) is 0 Å². The van der Waals surface area contributed by atoms with Crippen molar-refractivity contribution < 1.29 is 14.3 Å². The Balaban J connectivity index is 1.49. The van der Waals surface area contributed by atoms with E-state index in [1.54, 1.807) is 25.3 Å². The van der Waals surface area contributed by atoms with Crippen molar-refractivity contribution in [3.05, 3.63) is 79.5 Å². The highest BCUT2D eigenvalue weighted by Gasteiger charge is 2.18. The number of carbonyl (C=O) groups excluding carboxylic acids is 2. The summed E-state index contributed by atoms with van der Waals surface area (Å²) >= 11 is 0. The van der Waals surface area contributed by atoms with Crippen molar-refractivity contribution in [2.45, 2.75) is 13.3 Å². The predicted molar refractivity (Wildman–Crippen MR) is 159 cm³/mol. The Labute approximate surface area is 233 Å². The molecule has 2 N–H and O–H groups in total. The highest BCUT2D eigenvalue weighted by atomic mass is 16.5. The van der Waals surface area contributed by atoms with Crippen LogP contribution in [0.2, 0.25) is 0 Å². The minimum atomic E-state index is -0.357. The summed E-state index contributed by atoms with van der Waals surface area (Å²) < 4.78 is 5.70. The van der Waals surface area contributed by atoms with Gasteiger partial charge in [0.05, 0.1) is 11.1 Å². The van der Waals surface area contributed by atoms with Crippen molar-refractivity contribution in [3.8, 4) is 16.9 Å². The van der Waals surface area contributed by atoms with Gasteiger partial charge in [-0.2, -0.15) is 0 Å². The van der Waals surface area contributed by atoms with E-state index in [0.717, 1.165) is 42.8 Å². The van der Waals surface area contributed by atoms with Crippen LogP contribution in [0, 0.1) is 0 Å². The lowest BCUT2D eigenvalue weighted by Crippen LogP contribution is -2.44. The summed E-state index contributed by atoms with van der Waals surface area (Å²) in [4.78, 5) is 38.2. The number of fused-ring (bicyclic) bond motifs is 1. The van der Waals surface area contributed by atoms with Crippen molar-refractivity contribution in [1.29, 1.82) is 0 Å². The Morgan fingerprint density at radius 1 is 1.02 bits per heavy atom. The molecule has 1 amide bonds. The van der Waals surface area contributed by atoms with Gasteiger partial charge in [-0.3, -0.25) is 9.59 Å². The van der Waals surface area contributed by atoms with Crippen molar-refractivity contribution in [2.75, 3.05) is 48.8 Å². The van der Waals surface area contributed by atoms with Crippen molar-refractivity contribution in [2.24, 2.45) is 0 Å². The zero-order valence-corrected chi connectivity index (χ0v) is 22.7. The van der Waals surface area contributed by atoms with Gasteiger partial charge in [-0.25, -0.2) is 9.97 Å². The minimum absolute atomic E-state index is 0.230. The largest absolute Gasteiger partial charge is 0.426 e. The molecule has 0 spiro atoms. The number of benzene rings is 3. The lowest BCUT2D eigenvalue weighted by atomic mass is 10.0. The van der Waals surface area contributed by atoms with Gasteiger partial charge in [-0.05, 0) is 67.2 Å². The molecule has 204 valence electrons. The quantitative estimate of drug-likeness (QED) is 0.179. The van der Waals surface area contributed by atoms with E-state index in [2.05, 4.69) is 51.2 Å². The van der Waals surface area contributed by atoms with Gasteiger partial charge in [0.15, 0.2) is 0 Å². The lowest BCUT2D eigenvalue weighted by molar-refractivity contribution is -0.134. The molecule has 9 heteroatoms. The number of nitrogens with one attached hydrogen (secondary N) is 2. The SMILES string of the molecule is C=CC(=O)Nc1cccc(-c2c(OC(=O)CC)ccc3cnc(Nc4ccc(N5CCN(C)CC5)cc4)nc23)c1. The maximum atomic E-state index is 12.3. The Bertz CT molecular complexity index is 1550. The number of piperazine rings is 1. The average Bonchev–Trinajstić information content (AvgIpc) is 2.98. The van der Waals surface area contributed by atoms with E-state index in [1.807, 2.05) is 36.4 Å². The zero-order valence-electron chi connectivity index (χ0n) is 22.7. The number of amides is 1. The molecular formula is C31H32N6O3. The molecular weight excluding hydrogens is 504 g/mol. The zero-order chi connectivity index (χ0) is 28.1. The first kappa shape index (κ1) is 26.8. The van der Waals surface area contributed by atoms with E-state index < -0.39 is 0 Å². The van der Waals surface area contributed by atoms with Gasteiger partial charge in [-0.1, -0.05) is 25.6 Å². The van der Waals surface area contributed by atoms with E-state index in [9.17, 15) is 9.59 Å². The molecule has 1 aliphatic heterocycles. The van der Waals surface area contributed by atoms with Gasteiger partial charge in [0.2, 0.25) is 11.9 Å². The van der Waals surface area contributed by atoms with Crippen LogP contribution in [0.1, 0.15) is 13.3 Å². The molecule has 4 aromatic rings. The predicted octanol–water partition coefficient (Wildman–Crippen LogP) is 5.23. The Morgan fingerprint density at radius 3 is 2.52 bits per heavy atom. The maximum Gasteiger partial charge on any atom is 0.310 e. The summed E-state index contributed by atoms with van der Waals surface area (Å²) in [6, 6.07) is 19.1. The second kappa shape index (κ2) is 12.0. The molecule has 0 atom stereocenters.